The Morgan fingerprint density at radius 2 is 1.82 bits per heavy atom. The molecule has 0 amide bonds. The van der Waals surface area contributed by atoms with E-state index < -0.39 is 0 Å². The second-order valence-electron chi connectivity index (χ2n) is 4.10. The lowest BCUT2D eigenvalue weighted by molar-refractivity contribution is 0.244. The van der Waals surface area contributed by atoms with Crippen molar-refractivity contribution >= 4 is 22.4 Å². The summed E-state index contributed by atoms with van der Waals surface area (Å²) in [7, 11) is 0. The van der Waals surface area contributed by atoms with Crippen LogP contribution in [-0.4, -0.2) is 16.3 Å². The van der Waals surface area contributed by atoms with Crippen LogP contribution in [0.3, 0.4) is 0 Å². The van der Waals surface area contributed by atoms with Gasteiger partial charge in [0, 0.05) is 21.9 Å². The van der Waals surface area contributed by atoms with E-state index in [1.54, 1.807) is 18.2 Å². The first-order chi connectivity index (χ1) is 7.99. The lowest BCUT2D eigenvalue weighted by atomic mass is 10.1. The highest BCUT2D eigenvalue weighted by molar-refractivity contribution is 6.31. The van der Waals surface area contributed by atoms with E-state index in [4.69, 9.17) is 16.3 Å². The fraction of sp³-hybridized carbons (Fsp3) is 0.231. The van der Waals surface area contributed by atoms with Crippen molar-refractivity contribution in [2.24, 2.45) is 0 Å². The molecule has 0 spiro atoms. The van der Waals surface area contributed by atoms with Crippen molar-refractivity contribution in [2.45, 2.75) is 20.0 Å². The van der Waals surface area contributed by atoms with Crippen molar-refractivity contribution in [3.05, 3.63) is 29.3 Å². The minimum Gasteiger partial charge on any atom is -0.504 e. The van der Waals surface area contributed by atoms with Gasteiger partial charge in [-0.3, -0.25) is 0 Å². The third-order valence-corrected chi connectivity index (χ3v) is 2.61. The highest BCUT2D eigenvalue weighted by Gasteiger charge is 2.13. The fourth-order valence-corrected chi connectivity index (χ4v) is 1.86. The molecule has 2 aromatic carbocycles. The Bertz CT molecular complexity index is 564. The van der Waals surface area contributed by atoms with Gasteiger partial charge in [-0.05, 0) is 32.0 Å². The molecule has 0 unspecified atom stereocenters. The molecule has 3 nitrogen and oxygen atoms in total. The van der Waals surface area contributed by atoms with Crippen LogP contribution in [0.25, 0.3) is 10.8 Å². The molecule has 0 saturated carbocycles. The normalized spacial score (nSPS) is 11.1. The van der Waals surface area contributed by atoms with Crippen molar-refractivity contribution in [3.63, 3.8) is 0 Å². The van der Waals surface area contributed by atoms with Crippen molar-refractivity contribution in [1.82, 2.24) is 0 Å². The average molecular weight is 253 g/mol. The monoisotopic (exact) mass is 252 g/mol. The third-order valence-electron chi connectivity index (χ3n) is 2.38. The number of halogens is 1. The summed E-state index contributed by atoms with van der Waals surface area (Å²) in [6.07, 6.45) is -0.0159. The van der Waals surface area contributed by atoms with Crippen molar-refractivity contribution in [3.8, 4) is 17.2 Å². The zero-order chi connectivity index (χ0) is 12.6. The molecule has 0 fully saturated rings. The van der Waals surface area contributed by atoms with Gasteiger partial charge < -0.3 is 14.9 Å². The SMILES string of the molecule is CC(C)Oc1cc(O)c(O)c2cc(Cl)ccc12. The zero-order valence-electron chi connectivity index (χ0n) is 9.57. The number of hydrogen-bond donors (Lipinski definition) is 2. The van der Waals surface area contributed by atoms with Gasteiger partial charge in [-0.15, -0.1) is 0 Å². The Balaban J connectivity index is 2.72. The third kappa shape index (κ3) is 2.24. The lowest BCUT2D eigenvalue weighted by Crippen LogP contribution is -2.05. The summed E-state index contributed by atoms with van der Waals surface area (Å²) in [5, 5.41) is 21.1. The lowest BCUT2D eigenvalue weighted by Gasteiger charge is -2.14. The molecule has 17 heavy (non-hydrogen) atoms. The van der Waals surface area contributed by atoms with Gasteiger partial charge in [-0.2, -0.15) is 0 Å². The Hall–Kier alpha value is -1.61. The first-order valence-corrected chi connectivity index (χ1v) is 5.67. The minimum absolute atomic E-state index is 0.0159. The van der Waals surface area contributed by atoms with Crippen LogP contribution in [0.2, 0.25) is 5.02 Å². The second kappa shape index (κ2) is 4.34. The van der Waals surface area contributed by atoms with Gasteiger partial charge in [-0.25, -0.2) is 0 Å². The zero-order valence-corrected chi connectivity index (χ0v) is 10.3. The van der Waals surface area contributed by atoms with Gasteiger partial charge in [0.1, 0.15) is 5.75 Å². The number of ether oxygens (including phenoxy) is 1. The van der Waals surface area contributed by atoms with Crippen LogP contribution >= 0.6 is 11.6 Å². The molecule has 0 aliphatic carbocycles. The van der Waals surface area contributed by atoms with E-state index in [-0.39, 0.29) is 17.6 Å². The summed E-state index contributed by atoms with van der Waals surface area (Å²) in [6, 6.07) is 6.48. The van der Waals surface area contributed by atoms with Crippen LogP contribution < -0.4 is 4.74 Å². The van der Waals surface area contributed by atoms with Crippen LogP contribution in [-0.2, 0) is 0 Å². The molecule has 0 saturated heterocycles. The Morgan fingerprint density at radius 1 is 1.12 bits per heavy atom. The molecule has 0 radical (unpaired) electrons. The summed E-state index contributed by atoms with van der Waals surface area (Å²) in [6.45, 7) is 3.79. The highest BCUT2D eigenvalue weighted by Crippen LogP contribution is 2.41. The van der Waals surface area contributed by atoms with E-state index in [1.807, 2.05) is 13.8 Å². The number of fused-ring (bicyclic) bond motifs is 1. The Labute approximate surface area is 104 Å². The second-order valence-corrected chi connectivity index (χ2v) is 4.54. The van der Waals surface area contributed by atoms with Gasteiger partial charge in [0.2, 0.25) is 0 Å². The van der Waals surface area contributed by atoms with Crippen molar-refractivity contribution in [2.75, 3.05) is 0 Å². The van der Waals surface area contributed by atoms with E-state index in [0.717, 1.165) is 5.39 Å². The molecular formula is C13H13ClO3. The summed E-state index contributed by atoms with van der Waals surface area (Å²) in [5.41, 5.74) is 0. The number of phenolic OH excluding ortho intramolecular Hbond substituents is 2. The predicted octanol–water partition coefficient (Wildman–Crippen LogP) is 3.69. The van der Waals surface area contributed by atoms with Crippen LogP contribution in [0.4, 0.5) is 0 Å². The van der Waals surface area contributed by atoms with Crippen LogP contribution in [0.1, 0.15) is 13.8 Å². The first kappa shape index (κ1) is 11.9. The molecule has 0 aliphatic rings. The molecule has 0 aliphatic heterocycles. The molecule has 2 rings (SSSR count). The van der Waals surface area contributed by atoms with Crippen LogP contribution in [0, 0.1) is 0 Å². The first-order valence-electron chi connectivity index (χ1n) is 5.30. The van der Waals surface area contributed by atoms with Gasteiger partial charge in [0.05, 0.1) is 6.10 Å². The largest absolute Gasteiger partial charge is 0.504 e. The quantitative estimate of drug-likeness (QED) is 0.802. The van der Waals surface area contributed by atoms with Gasteiger partial charge in [0.25, 0.3) is 0 Å². The van der Waals surface area contributed by atoms with E-state index >= 15 is 0 Å². The smallest absolute Gasteiger partial charge is 0.165 e. The number of hydrogen-bond acceptors (Lipinski definition) is 3. The molecule has 2 N–H and O–H groups in total. The number of aromatic hydroxyl groups is 2. The minimum atomic E-state index is -0.213. The van der Waals surface area contributed by atoms with Crippen molar-refractivity contribution < 1.29 is 14.9 Å². The maximum atomic E-state index is 9.78. The summed E-state index contributed by atoms with van der Waals surface area (Å²) in [5.74, 6) is 0.135. The Morgan fingerprint density at radius 3 is 2.47 bits per heavy atom. The number of benzene rings is 2. The Kier molecular flexibility index (Phi) is 3.03. The highest BCUT2D eigenvalue weighted by atomic mass is 35.5. The molecule has 0 atom stereocenters. The standard InChI is InChI=1S/C13H13ClO3/c1-7(2)17-12-6-11(15)13(16)10-5-8(14)3-4-9(10)12/h3-7,15-16H,1-2H3. The summed E-state index contributed by atoms with van der Waals surface area (Å²) < 4.78 is 5.59. The fourth-order valence-electron chi connectivity index (χ4n) is 1.69. The molecule has 0 heterocycles. The molecule has 4 heteroatoms. The molecule has 0 aromatic heterocycles. The molecular weight excluding hydrogens is 240 g/mol. The van der Waals surface area contributed by atoms with Crippen LogP contribution in [0.15, 0.2) is 24.3 Å². The summed E-state index contributed by atoms with van der Waals surface area (Å²) >= 11 is 5.87. The number of rotatable bonds is 2. The van der Waals surface area contributed by atoms with Gasteiger partial charge >= 0.3 is 0 Å². The molecule has 2 aromatic rings. The number of phenols is 2. The van der Waals surface area contributed by atoms with Crippen molar-refractivity contribution in [1.29, 1.82) is 0 Å². The summed E-state index contributed by atoms with van der Waals surface area (Å²) in [4.78, 5) is 0. The molecule has 90 valence electrons. The van der Waals surface area contributed by atoms with Crippen LogP contribution in [0.5, 0.6) is 17.2 Å². The van der Waals surface area contributed by atoms with Gasteiger partial charge in [-0.1, -0.05) is 11.6 Å². The van der Waals surface area contributed by atoms with E-state index in [9.17, 15) is 10.2 Å². The molecule has 0 bridgehead atoms. The maximum Gasteiger partial charge on any atom is 0.165 e. The van der Waals surface area contributed by atoms with Gasteiger partial charge in [0.15, 0.2) is 11.5 Å². The van der Waals surface area contributed by atoms with E-state index in [1.165, 1.54) is 6.07 Å². The maximum absolute atomic E-state index is 9.78. The predicted molar refractivity (Wildman–Crippen MR) is 68.1 cm³/mol. The topological polar surface area (TPSA) is 49.7 Å². The van der Waals surface area contributed by atoms with E-state index in [0.29, 0.717) is 16.2 Å². The van der Waals surface area contributed by atoms with E-state index in [2.05, 4.69) is 0 Å². The average Bonchev–Trinajstić information content (AvgIpc) is 2.24.